The highest BCUT2D eigenvalue weighted by molar-refractivity contribution is 7.92. The maximum Gasteiger partial charge on any atom is 0.263 e. The van der Waals surface area contributed by atoms with Crippen molar-refractivity contribution in [3.63, 3.8) is 0 Å². The van der Waals surface area contributed by atoms with Crippen molar-refractivity contribution in [3.8, 4) is 5.75 Å². The van der Waals surface area contributed by atoms with Crippen LogP contribution in [0.25, 0.3) is 0 Å². The molecule has 2 atom stereocenters. The number of hydrogen-bond donors (Lipinski definition) is 1. The van der Waals surface area contributed by atoms with Crippen LogP contribution >= 0.6 is 0 Å². The van der Waals surface area contributed by atoms with E-state index in [1.54, 1.807) is 31.2 Å². The second kappa shape index (κ2) is 8.22. The van der Waals surface area contributed by atoms with E-state index < -0.39 is 16.1 Å². The summed E-state index contributed by atoms with van der Waals surface area (Å²) >= 11 is 0. The van der Waals surface area contributed by atoms with Crippen LogP contribution in [-0.2, 0) is 14.8 Å². The number of nitrogens with zero attached hydrogens (tertiary/aromatic N) is 1. The third-order valence-electron chi connectivity index (χ3n) is 4.93. The molecule has 2 aromatic rings. The van der Waals surface area contributed by atoms with Crippen LogP contribution in [0.15, 0.2) is 48.5 Å². The molecule has 6 nitrogen and oxygen atoms in total. The second-order valence-electron chi connectivity index (χ2n) is 6.89. The van der Waals surface area contributed by atoms with Gasteiger partial charge in [-0.25, -0.2) is 8.42 Å². The van der Waals surface area contributed by atoms with E-state index in [2.05, 4.69) is 5.32 Å². The summed E-state index contributed by atoms with van der Waals surface area (Å²) in [7, 11) is -3.52. The number of ether oxygens (including phenoxy) is 1. The van der Waals surface area contributed by atoms with Crippen LogP contribution in [0.3, 0.4) is 0 Å². The van der Waals surface area contributed by atoms with Gasteiger partial charge in [0, 0.05) is 0 Å². The fourth-order valence-corrected chi connectivity index (χ4v) is 4.37. The summed E-state index contributed by atoms with van der Waals surface area (Å²) < 4.78 is 32.2. The number of rotatable bonds is 6. The topological polar surface area (TPSA) is 75.7 Å². The number of sulfonamides is 1. The Balaban J connectivity index is 1.83. The van der Waals surface area contributed by atoms with Crippen molar-refractivity contribution in [1.29, 1.82) is 0 Å². The summed E-state index contributed by atoms with van der Waals surface area (Å²) in [5, 5.41) is 3.01. The van der Waals surface area contributed by atoms with Gasteiger partial charge in [0.15, 0.2) is 6.10 Å². The van der Waals surface area contributed by atoms with Gasteiger partial charge in [0.05, 0.1) is 24.0 Å². The van der Waals surface area contributed by atoms with Gasteiger partial charge in [-0.2, -0.15) is 0 Å². The number of amides is 1. The van der Waals surface area contributed by atoms with E-state index in [1.165, 1.54) is 4.31 Å². The zero-order chi connectivity index (χ0) is 20.3. The first-order valence-corrected chi connectivity index (χ1v) is 11.1. The van der Waals surface area contributed by atoms with E-state index >= 15 is 0 Å². The molecule has 0 fully saturated rings. The van der Waals surface area contributed by atoms with Gasteiger partial charge in [0.1, 0.15) is 5.75 Å². The number of fused-ring (bicyclic) bond motifs is 1. The smallest absolute Gasteiger partial charge is 0.263 e. The van der Waals surface area contributed by atoms with Crippen molar-refractivity contribution in [2.75, 3.05) is 16.6 Å². The number of benzene rings is 2. The minimum atomic E-state index is -3.52. The third kappa shape index (κ3) is 4.14. The Bertz CT molecular complexity index is 941. The molecule has 1 N–H and O–H groups in total. The lowest BCUT2D eigenvalue weighted by Crippen LogP contribution is -2.51. The minimum Gasteiger partial charge on any atom is -0.476 e. The molecule has 0 spiro atoms. The molecular weight excluding hydrogens is 376 g/mol. The molecule has 7 heteroatoms. The van der Waals surface area contributed by atoms with Crippen molar-refractivity contribution in [2.45, 2.75) is 39.3 Å². The SMILES string of the molecule is CC[C@H](NC(=O)[C@H]1CN(S(=O)(=O)CC)c2ccccc2O1)c1ccc(C)cc1. The zero-order valence-corrected chi connectivity index (χ0v) is 17.2. The molecule has 0 aromatic heterocycles. The number of nitrogens with one attached hydrogen (secondary N) is 1. The molecule has 150 valence electrons. The van der Waals surface area contributed by atoms with Crippen LogP contribution in [0, 0.1) is 6.92 Å². The van der Waals surface area contributed by atoms with E-state index in [4.69, 9.17) is 4.74 Å². The predicted octanol–water partition coefficient (Wildman–Crippen LogP) is 3.18. The number of para-hydroxylation sites is 2. The van der Waals surface area contributed by atoms with Crippen LogP contribution in [0.1, 0.15) is 37.4 Å². The monoisotopic (exact) mass is 402 g/mol. The quantitative estimate of drug-likeness (QED) is 0.805. The van der Waals surface area contributed by atoms with Gasteiger partial charge in [-0.05, 0) is 38.0 Å². The van der Waals surface area contributed by atoms with Crippen molar-refractivity contribution >= 4 is 21.6 Å². The Kier molecular flexibility index (Phi) is 5.93. The van der Waals surface area contributed by atoms with Gasteiger partial charge < -0.3 is 10.1 Å². The molecule has 1 aliphatic heterocycles. The maximum atomic E-state index is 12.9. The van der Waals surface area contributed by atoms with Gasteiger partial charge in [0.25, 0.3) is 5.91 Å². The van der Waals surface area contributed by atoms with Gasteiger partial charge in [-0.15, -0.1) is 0 Å². The van der Waals surface area contributed by atoms with E-state index in [1.807, 2.05) is 38.1 Å². The molecule has 1 aliphatic rings. The summed E-state index contributed by atoms with van der Waals surface area (Å²) in [5.41, 5.74) is 2.63. The molecule has 1 amide bonds. The van der Waals surface area contributed by atoms with E-state index in [0.717, 1.165) is 17.5 Å². The minimum absolute atomic E-state index is 0.0383. The predicted molar refractivity (Wildman–Crippen MR) is 110 cm³/mol. The Morgan fingerprint density at radius 2 is 1.86 bits per heavy atom. The van der Waals surface area contributed by atoms with Crippen molar-refractivity contribution in [2.24, 2.45) is 0 Å². The highest BCUT2D eigenvalue weighted by Gasteiger charge is 2.36. The van der Waals surface area contributed by atoms with Crippen molar-refractivity contribution in [1.82, 2.24) is 5.32 Å². The Hall–Kier alpha value is -2.54. The van der Waals surface area contributed by atoms with Crippen molar-refractivity contribution < 1.29 is 17.9 Å². The van der Waals surface area contributed by atoms with Gasteiger partial charge in [-0.1, -0.05) is 48.9 Å². The first kappa shape index (κ1) is 20.2. The molecule has 2 aromatic carbocycles. The number of hydrogen-bond acceptors (Lipinski definition) is 4. The Morgan fingerprint density at radius 1 is 1.18 bits per heavy atom. The molecule has 0 unspecified atom stereocenters. The van der Waals surface area contributed by atoms with Crippen LogP contribution in [-0.4, -0.2) is 32.7 Å². The Morgan fingerprint density at radius 3 is 2.50 bits per heavy atom. The second-order valence-corrected chi connectivity index (χ2v) is 9.07. The maximum absolute atomic E-state index is 12.9. The molecule has 1 heterocycles. The summed E-state index contributed by atoms with van der Waals surface area (Å²) in [6.45, 7) is 5.56. The molecule has 0 saturated heterocycles. The highest BCUT2D eigenvalue weighted by atomic mass is 32.2. The molecule has 0 aliphatic carbocycles. The lowest BCUT2D eigenvalue weighted by atomic mass is 10.0. The Labute approximate surface area is 166 Å². The number of anilines is 1. The average Bonchev–Trinajstić information content (AvgIpc) is 2.71. The summed E-state index contributed by atoms with van der Waals surface area (Å²) in [6.07, 6.45) is -0.189. The highest BCUT2D eigenvalue weighted by Crippen LogP contribution is 2.35. The third-order valence-corrected chi connectivity index (χ3v) is 6.68. The van der Waals surface area contributed by atoms with E-state index in [-0.39, 0.29) is 24.2 Å². The fraction of sp³-hybridized carbons (Fsp3) is 0.381. The molecule has 28 heavy (non-hydrogen) atoms. The molecule has 3 rings (SSSR count). The number of aryl methyl sites for hydroxylation is 1. The molecular formula is C21H26N2O4S. The van der Waals surface area contributed by atoms with Crippen molar-refractivity contribution in [3.05, 3.63) is 59.7 Å². The normalized spacial score (nSPS) is 17.4. The average molecular weight is 403 g/mol. The van der Waals surface area contributed by atoms with Crippen LogP contribution in [0.5, 0.6) is 5.75 Å². The first-order chi connectivity index (χ1) is 13.4. The standard InChI is InChI=1S/C21H26N2O4S/c1-4-17(16-12-10-15(3)11-13-16)22-21(24)20-14-23(28(25,26)5-2)18-8-6-7-9-19(18)27-20/h6-13,17,20H,4-5,14H2,1-3H3,(H,22,24)/t17-,20+/m0/s1. The first-order valence-electron chi connectivity index (χ1n) is 9.48. The fourth-order valence-electron chi connectivity index (χ4n) is 3.24. The molecule has 0 bridgehead atoms. The summed E-state index contributed by atoms with van der Waals surface area (Å²) in [4.78, 5) is 12.9. The largest absolute Gasteiger partial charge is 0.476 e. The molecule has 0 saturated carbocycles. The summed E-state index contributed by atoms with van der Waals surface area (Å²) in [5.74, 6) is 0.0314. The van der Waals surface area contributed by atoms with Crippen LogP contribution < -0.4 is 14.4 Å². The summed E-state index contributed by atoms with van der Waals surface area (Å²) in [6, 6.07) is 14.7. The number of carbonyl (C=O) groups excluding carboxylic acids is 1. The lowest BCUT2D eigenvalue weighted by Gasteiger charge is -2.35. The zero-order valence-electron chi connectivity index (χ0n) is 16.4. The van der Waals surface area contributed by atoms with Crippen LogP contribution in [0.2, 0.25) is 0 Å². The lowest BCUT2D eigenvalue weighted by molar-refractivity contribution is -0.128. The number of carbonyl (C=O) groups is 1. The molecule has 0 radical (unpaired) electrons. The van der Waals surface area contributed by atoms with Gasteiger partial charge in [-0.3, -0.25) is 9.10 Å². The van der Waals surface area contributed by atoms with Crippen LogP contribution in [0.4, 0.5) is 5.69 Å². The van der Waals surface area contributed by atoms with E-state index in [0.29, 0.717) is 11.4 Å². The van der Waals surface area contributed by atoms with Gasteiger partial charge in [0.2, 0.25) is 10.0 Å². The van der Waals surface area contributed by atoms with E-state index in [9.17, 15) is 13.2 Å². The van der Waals surface area contributed by atoms with Gasteiger partial charge >= 0.3 is 0 Å².